The van der Waals surface area contributed by atoms with E-state index in [9.17, 15) is 54.3 Å². The van der Waals surface area contributed by atoms with Crippen LogP contribution in [0.25, 0.3) is 0 Å². The Morgan fingerprint density at radius 2 is 0.571 bits per heavy atom. The van der Waals surface area contributed by atoms with Gasteiger partial charge in [-0.25, -0.2) is 0 Å². The highest BCUT2D eigenvalue weighted by Gasteiger charge is 2.13. The van der Waals surface area contributed by atoms with Crippen LogP contribution < -0.4 is 25.5 Å². The lowest BCUT2D eigenvalue weighted by molar-refractivity contribution is -0.257. The molecule has 0 aromatic heterocycles. The standard InChI is InChI=1S/C17H14O5.C17H18O2.C16H14N2O4/c1-9-3-10(2)5-11(4-9)15(18)12-6-13(16(19)20)8-14(7-12)17(21)22;1-11-4-12(2)6-14(5-11)9-15-7-13(3)8-16(10-15)17(18)19;1-9-3-10(2)5-13(4-9)17-18-14-7-11(15(19)20)6-12(8-14)16(21)22/h3-8H,1-2H3,(H,19,20)(H,21,22);4-8,10H,9H2,1-3H3,(H,18,19);3-8H,1-2H3,(H,19,20)(H,21,22)/p-5. The van der Waals surface area contributed by atoms with E-state index in [2.05, 4.69) is 42.3 Å². The predicted octanol–water partition coefficient (Wildman–Crippen LogP) is 4.27. The van der Waals surface area contributed by atoms with E-state index in [-0.39, 0.29) is 39.1 Å². The SMILES string of the molecule is Cc1cc(C)cc(C(=O)c2cc(C(=O)[O-])cc(C(=O)[O-])c2)c1.Cc1cc(C)cc(Cc2cc(C)cc(C(=O)[O-])c2)c1.Cc1cc(C)cc(N=Nc2cc(C(=O)[O-])cc(C(=O)[O-])c2)c1. The fourth-order valence-electron chi connectivity index (χ4n) is 6.78. The van der Waals surface area contributed by atoms with E-state index in [4.69, 9.17) is 0 Å². The number of carbonyl (C=O) groups excluding carboxylic acids is 6. The number of rotatable bonds is 11. The second-order valence-electron chi connectivity index (χ2n) is 15.1. The van der Waals surface area contributed by atoms with E-state index in [1.807, 2.05) is 52.8 Å². The summed E-state index contributed by atoms with van der Waals surface area (Å²) in [7, 11) is 0. The molecule has 0 spiro atoms. The van der Waals surface area contributed by atoms with Gasteiger partial charge in [-0.05, 0) is 161 Å². The molecule has 6 aromatic rings. The quantitative estimate of drug-likeness (QED) is 0.132. The van der Waals surface area contributed by atoms with Crippen molar-refractivity contribution in [3.63, 3.8) is 0 Å². The molecule has 322 valence electrons. The molecule has 0 unspecified atom stereocenters. The van der Waals surface area contributed by atoms with Crippen molar-refractivity contribution in [3.8, 4) is 0 Å². The van der Waals surface area contributed by atoms with E-state index in [0.717, 1.165) is 64.1 Å². The number of carbonyl (C=O) groups is 6. The highest BCUT2D eigenvalue weighted by molar-refractivity contribution is 6.11. The van der Waals surface area contributed by atoms with Gasteiger partial charge in [0.2, 0.25) is 0 Å². The Morgan fingerprint density at radius 3 is 0.968 bits per heavy atom. The van der Waals surface area contributed by atoms with Crippen molar-refractivity contribution < 1.29 is 54.3 Å². The maximum absolute atomic E-state index is 12.5. The molecule has 0 aliphatic carbocycles. The van der Waals surface area contributed by atoms with Gasteiger partial charge in [0, 0.05) is 22.3 Å². The predicted molar refractivity (Wildman–Crippen MR) is 224 cm³/mol. The maximum Gasteiger partial charge on any atom is 0.193 e. The Hall–Kier alpha value is -8.06. The first-order valence-corrected chi connectivity index (χ1v) is 19.2. The first-order valence-electron chi connectivity index (χ1n) is 19.2. The second-order valence-corrected chi connectivity index (χ2v) is 15.1. The van der Waals surface area contributed by atoms with Crippen LogP contribution in [-0.2, 0) is 6.42 Å². The Balaban J connectivity index is 0.000000208. The van der Waals surface area contributed by atoms with Gasteiger partial charge in [0.05, 0.1) is 41.2 Å². The van der Waals surface area contributed by atoms with Gasteiger partial charge in [-0.3, -0.25) is 4.79 Å². The molecule has 13 nitrogen and oxygen atoms in total. The third-order valence-electron chi connectivity index (χ3n) is 9.09. The molecule has 0 aliphatic heterocycles. The van der Waals surface area contributed by atoms with Crippen LogP contribution in [0.1, 0.15) is 118 Å². The van der Waals surface area contributed by atoms with Crippen LogP contribution in [0.4, 0.5) is 11.4 Å². The molecule has 0 N–H and O–H groups in total. The van der Waals surface area contributed by atoms with Crippen molar-refractivity contribution in [1.29, 1.82) is 0 Å². The summed E-state index contributed by atoms with van der Waals surface area (Å²) in [4.78, 5) is 67.1. The zero-order valence-electron chi connectivity index (χ0n) is 35.5. The molecule has 0 bridgehead atoms. The van der Waals surface area contributed by atoms with E-state index in [1.165, 1.54) is 28.8 Å². The summed E-state index contributed by atoms with van der Waals surface area (Å²) in [5.41, 5.74) is 9.27. The first kappa shape index (κ1) is 47.6. The molecule has 0 saturated carbocycles. The van der Waals surface area contributed by atoms with Crippen LogP contribution in [0.5, 0.6) is 0 Å². The lowest BCUT2D eigenvalue weighted by atomic mass is 9.96. The van der Waals surface area contributed by atoms with Crippen molar-refractivity contribution in [2.24, 2.45) is 10.2 Å². The fourth-order valence-corrected chi connectivity index (χ4v) is 6.78. The van der Waals surface area contributed by atoms with E-state index >= 15 is 0 Å². The zero-order chi connectivity index (χ0) is 46.7. The minimum Gasteiger partial charge on any atom is -0.545 e. The molecule has 0 saturated heterocycles. The van der Waals surface area contributed by atoms with Gasteiger partial charge in [0.15, 0.2) is 5.78 Å². The molecular weight excluding hydrogens is 805 g/mol. The largest absolute Gasteiger partial charge is 0.545 e. The van der Waals surface area contributed by atoms with Crippen LogP contribution >= 0.6 is 0 Å². The fraction of sp³-hybridized carbons (Fsp3) is 0.160. The summed E-state index contributed by atoms with van der Waals surface area (Å²) < 4.78 is 0. The van der Waals surface area contributed by atoms with E-state index in [1.54, 1.807) is 36.4 Å². The lowest BCUT2D eigenvalue weighted by Gasteiger charge is -2.11. The molecule has 0 atom stereocenters. The Labute approximate surface area is 363 Å². The van der Waals surface area contributed by atoms with Crippen LogP contribution in [0.3, 0.4) is 0 Å². The molecule has 13 heteroatoms. The number of carboxylic acid groups (broad SMARTS) is 5. The van der Waals surface area contributed by atoms with E-state index < -0.39 is 35.6 Å². The smallest absolute Gasteiger partial charge is 0.193 e. The van der Waals surface area contributed by atoms with Crippen LogP contribution in [0.15, 0.2) is 119 Å². The molecule has 0 fully saturated rings. The topological polar surface area (TPSA) is 242 Å². The van der Waals surface area contributed by atoms with Crippen LogP contribution in [0, 0.1) is 48.5 Å². The minimum absolute atomic E-state index is 0.0362. The molecule has 63 heavy (non-hydrogen) atoms. The van der Waals surface area contributed by atoms with Gasteiger partial charge in [0.1, 0.15) is 0 Å². The Kier molecular flexibility index (Phi) is 15.8. The zero-order valence-corrected chi connectivity index (χ0v) is 35.5. The third-order valence-corrected chi connectivity index (χ3v) is 9.09. The maximum atomic E-state index is 12.5. The molecule has 0 heterocycles. The second kappa shape index (κ2) is 21.0. The van der Waals surface area contributed by atoms with Gasteiger partial charge in [-0.15, -0.1) is 0 Å². The molecule has 6 rings (SSSR count). The lowest BCUT2D eigenvalue weighted by Crippen LogP contribution is -2.26. The number of aromatic carboxylic acids is 5. The van der Waals surface area contributed by atoms with Crippen molar-refractivity contribution in [2.45, 2.75) is 54.9 Å². The average molecular weight is 846 g/mol. The number of hydrogen-bond acceptors (Lipinski definition) is 13. The molecule has 0 amide bonds. The number of benzene rings is 6. The summed E-state index contributed by atoms with van der Waals surface area (Å²) in [6.45, 7) is 13.5. The number of ketones is 1. The number of carboxylic acids is 5. The highest BCUT2D eigenvalue weighted by Crippen LogP contribution is 2.24. The minimum atomic E-state index is -1.56. The third kappa shape index (κ3) is 14.3. The normalized spacial score (nSPS) is 10.5. The monoisotopic (exact) mass is 845 g/mol. The number of azo groups is 1. The van der Waals surface area contributed by atoms with Crippen LogP contribution in [0.2, 0.25) is 0 Å². The first-order chi connectivity index (χ1) is 29.6. The van der Waals surface area contributed by atoms with Crippen molar-refractivity contribution in [1.82, 2.24) is 0 Å². The number of hydrogen-bond donors (Lipinski definition) is 0. The summed E-state index contributed by atoms with van der Waals surface area (Å²) in [6.07, 6.45) is 0.741. The van der Waals surface area contributed by atoms with Crippen molar-refractivity contribution in [2.75, 3.05) is 0 Å². The highest BCUT2D eigenvalue weighted by atomic mass is 16.4. The number of aryl methyl sites for hydroxylation is 7. The summed E-state index contributed by atoms with van der Waals surface area (Å²) >= 11 is 0. The summed E-state index contributed by atoms with van der Waals surface area (Å²) in [5.74, 6) is -7.69. The van der Waals surface area contributed by atoms with Gasteiger partial charge in [0.25, 0.3) is 0 Å². The molecule has 0 aliphatic rings. The molecular formula is C50H41N2O11-5. The van der Waals surface area contributed by atoms with E-state index in [0.29, 0.717) is 11.3 Å². The Morgan fingerprint density at radius 1 is 0.317 bits per heavy atom. The molecule has 0 radical (unpaired) electrons. The Bertz CT molecular complexity index is 2680. The van der Waals surface area contributed by atoms with Gasteiger partial charge in [-0.1, -0.05) is 70.3 Å². The van der Waals surface area contributed by atoms with Gasteiger partial charge >= 0.3 is 0 Å². The van der Waals surface area contributed by atoms with Gasteiger partial charge in [-0.2, -0.15) is 10.2 Å². The summed E-state index contributed by atoms with van der Waals surface area (Å²) in [6, 6.07) is 29.0. The number of nitrogens with zero attached hydrogens (tertiary/aromatic N) is 2. The molecule has 6 aromatic carbocycles. The van der Waals surface area contributed by atoms with Crippen molar-refractivity contribution in [3.05, 3.63) is 198 Å². The average Bonchev–Trinajstić information content (AvgIpc) is 3.18. The van der Waals surface area contributed by atoms with Crippen LogP contribution in [-0.4, -0.2) is 35.6 Å². The van der Waals surface area contributed by atoms with Gasteiger partial charge < -0.3 is 49.5 Å². The summed E-state index contributed by atoms with van der Waals surface area (Å²) in [5, 5.41) is 62.5. The van der Waals surface area contributed by atoms with Crippen molar-refractivity contribution >= 4 is 47.0 Å².